The van der Waals surface area contributed by atoms with E-state index in [-0.39, 0.29) is 5.54 Å². The summed E-state index contributed by atoms with van der Waals surface area (Å²) < 4.78 is 0. The van der Waals surface area contributed by atoms with E-state index in [1.165, 1.54) is 5.56 Å². The molecule has 2 nitrogen and oxygen atoms in total. The third-order valence-corrected chi connectivity index (χ3v) is 1.98. The van der Waals surface area contributed by atoms with Crippen molar-refractivity contribution in [3.05, 3.63) is 29.8 Å². The standard InChI is InChI=1S/C9H11NO/c1-9(2)7-5-3-4-6-8(7)11-10-9/h3-6,10H,1-2H3. The maximum Gasteiger partial charge on any atom is 0.152 e. The van der Waals surface area contributed by atoms with Gasteiger partial charge >= 0.3 is 0 Å². The van der Waals surface area contributed by atoms with Crippen molar-refractivity contribution in [2.45, 2.75) is 19.4 Å². The molecular weight excluding hydrogens is 138 g/mol. The molecular formula is C9H11NO. The highest BCUT2D eigenvalue weighted by atomic mass is 16.7. The Morgan fingerprint density at radius 2 is 2.00 bits per heavy atom. The molecule has 0 bridgehead atoms. The van der Waals surface area contributed by atoms with E-state index in [1.54, 1.807) is 0 Å². The number of fused-ring (bicyclic) bond motifs is 1. The molecule has 0 radical (unpaired) electrons. The van der Waals surface area contributed by atoms with Crippen LogP contribution in [0, 0.1) is 0 Å². The number of rotatable bonds is 0. The van der Waals surface area contributed by atoms with Crippen molar-refractivity contribution >= 4 is 0 Å². The molecule has 1 aromatic carbocycles. The van der Waals surface area contributed by atoms with Crippen LogP contribution in [0.2, 0.25) is 0 Å². The summed E-state index contributed by atoms with van der Waals surface area (Å²) >= 11 is 0. The van der Waals surface area contributed by atoms with Crippen molar-refractivity contribution in [2.24, 2.45) is 0 Å². The zero-order valence-electron chi connectivity index (χ0n) is 6.72. The fraction of sp³-hybridized carbons (Fsp3) is 0.333. The number of hydrogen-bond donors (Lipinski definition) is 1. The molecule has 0 unspecified atom stereocenters. The van der Waals surface area contributed by atoms with Crippen molar-refractivity contribution < 1.29 is 4.84 Å². The molecule has 0 saturated heterocycles. The molecule has 0 spiro atoms. The molecule has 1 N–H and O–H groups in total. The highest BCUT2D eigenvalue weighted by molar-refractivity contribution is 5.40. The first kappa shape index (κ1) is 6.68. The van der Waals surface area contributed by atoms with Crippen LogP contribution in [0.15, 0.2) is 24.3 Å². The van der Waals surface area contributed by atoms with E-state index in [1.807, 2.05) is 18.2 Å². The Morgan fingerprint density at radius 3 is 2.73 bits per heavy atom. The fourth-order valence-electron chi connectivity index (χ4n) is 1.31. The number of para-hydroxylation sites is 1. The van der Waals surface area contributed by atoms with Gasteiger partial charge in [0.25, 0.3) is 0 Å². The highest BCUT2D eigenvalue weighted by Crippen LogP contribution is 2.33. The van der Waals surface area contributed by atoms with Gasteiger partial charge in [-0.2, -0.15) is 0 Å². The van der Waals surface area contributed by atoms with E-state index >= 15 is 0 Å². The van der Waals surface area contributed by atoms with Gasteiger partial charge in [0, 0.05) is 5.56 Å². The van der Waals surface area contributed by atoms with Crippen LogP contribution in [-0.4, -0.2) is 0 Å². The molecule has 0 amide bonds. The molecule has 1 aliphatic heterocycles. The first-order chi connectivity index (χ1) is 5.20. The molecule has 11 heavy (non-hydrogen) atoms. The van der Waals surface area contributed by atoms with Crippen molar-refractivity contribution in [1.82, 2.24) is 5.48 Å². The minimum Gasteiger partial charge on any atom is -0.408 e. The third-order valence-electron chi connectivity index (χ3n) is 1.98. The summed E-state index contributed by atoms with van der Waals surface area (Å²) in [5.41, 5.74) is 4.14. The average Bonchev–Trinajstić information content (AvgIpc) is 2.29. The van der Waals surface area contributed by atoms with Gasteiger partial charge in [0.15, 0.2) is 5.75 Å². The molecule has 0 atom stereocenters. The molecule has 0 aromatic heterocycles. The summed E-state index contributed by atoms with van der Waals surface area (Å²) in [4.78, 5) is 5.26. The van der Waals surface area contributed by atoms with Gasteiger partial charge in [-0.1, -0.05) is 18.2 Å². The van der Waals surface area contributed by atoms with Crippen molar-refractivity contribution in [2.75, 3.05) is 0 Å². The van der Waals surface area contributed by atoms with Crippen LogP contribution in [-0.2, 0) is 5.54 Å². The Bertz CT molecular complexity index is 281. The first-order valence-corrected chi connectivity index (χ1v) is 3.74. The van der Waals surface area contributed by atoms with Gasteiger partial charge in [-0.05, 0) is 19.9 Å². The van der Waals surface area contributed by atoms with Gasteiger partial charge in [0.1, 0.15) is 0 Å². The Hall–Kier alpha value is -1.02. The average molecular weight is 149 g/mol. The lowest BCUT2D eigenvalue weighted by molar-refractivity contribution is 0.151. The van der Waals surface area contributed by atoms with E-state index in [2.05, 4.69) is 25.4 Å². The summed E-state index contributed by atoms with van der Waals surface area (Å²) in [5.74, 6) is 0.942. The molecule has 2 heteroatoms. The minimum atomic E-state index is -0.0450. The quantitative estimate of drug-likeness (QED) is 0.607. The second kappa shape index (κ2) is 1.98. The lowest BCUT2D eigenvalue weighted by atomic mass is 9.96. The van der Waals surface area contributed by atoms with E-state index in [4.69, 9.17) is 4.84 Å². The molecule has 1 heterocycles. The van der Waals surface area contributed by atoms with Crippen molar-refractivity contribution in [3.8, 4) is 5.75 Å². The number of nitrogens with one attached hydrogen (secondary N) is 1. The Kier molecular flexibility index (Phi) is 1.20. The lowest BCUT2D eigenvalue weighted by Crippen LogP contribution is -2.31. The van der Waals surface area contributed by atoms with Crippen molar-refractivity contribution in [1.29, 1.82) is 0 Å². The van der Waals surface area contributed by atoms with Crippen LogP contribution in [0.3, 0.4) is 0 Å². The highest BCUT2D eigenvalue weighted by Gasteiger charge is 2.30. The van der Waals surface area contributed by atoms with E-state index in [9.17, 15) is 0 Å². The maximum absolute atomic E-state index is 5.26. The van der Waals surface area contributed by atoms with Crippen LogP contribution in [0.4, 0.5) is 0 Å². The Labute approximate surface area is 66.1 Å². The van der Waals surface area contributed by atoms with Crippen LogP contribution in [0.5, 0.6) is 5.75 Å². The van der Waals surface area contributed by atoms with E-state index in [0.717, 1.165) is 5.75 Å². The van der Waals surface area contributed by atoms with Crippen LogP contribution in [0.1, 0.15) is 19.4 Å². The normalized spacial score (nSPS) is 19.1. The van der Waals surface area contributed by atoms with Crippen molar-refractivity contribution in [3.63, 3.8) is 0 Å². The largest absolute Gasteiger partial charge is 0.408 e. The summed E-state index contributed by atoms with van der Waals surface area (Å²) in [6.07, 6.45) is 0. The fourth-order valence-corrected chi connectivity index (χ4v) is 1.31. The zero-order valence-corrected chi connectivity index (χ0v) is 6.72. The predicted molar refractivity (Wildman–Crippen MR) is 43.2 cm³/mol. The first-order valence-electron chi connectivity index (χ1n) is 3.74. The minimum absolute atomic E-state index is 0.0450. The number of benzene rings is 1. The van der Waals surface area contributed by atoms with Gasteiger partial charge in [-0.3, -0.25) is 0 Å². The molecule has 0 saturated carbocycles. The topological polar surface area (TPSA) is 21.3 Å². The van der Waals surface area contributed by atoms with E-state index in [0.29, 0.717) is 0 Å². The summed E-state index contributed by atoms with van der Waals surface area (Å²) in [5, 5.41) is 0. The molecule has 0 aliphatic carbocycles. The second-order valence-corrected chi connectivity index (χ2v) is 3.33. The summed E-state index contributed by atoms with van der Waals surface area (Å²) in [6.45, 7) is 4.19. The smallest absolute Gasteiger partial charge is 0.152 e. The van der Waals surface area contributed by atoms with Gasteiger partial charge < -0.3 is 4.84 Å². The molecule has 1 aromatic rings. The zero-order chi connectivity index (χ0) is 7.90. The second-order valence-electron chi connectivity index (χ2n) is 3.33. The maximum atomic E-state index is 5.26. The monoisotopic (exact) mass is 149 g/mol. The number of hydroxylamine groups is 1. The van der Waals surface area contributed by atoms with Crippen LogP contribution in [0.25, 0.3) is 0 Å². The molecule has 58 valence electrons. The molecule has 1 aliphatic rings. The van der Waals surface area contributed by atoms with Gasteiger partial charge in [-0.25, -0.2) is 0 Å². The predicted octanol–water partition coefficient (Wildman–Crippen LogP) is 1.82. The van der Waals surface area contributed by atoms with Gasteiger partial charge in [0.2, 0.25) is 0 Å². The van der Waals surface area contributed by atoms with Gasteiger partial charge in [-0.15, -0.1) is 5.48 Å². The molecule has 2 rings (SSSR count). The summed E-state index contributed by atoms with van der Waals surface area (Å²) in [7, 11) is 0. The lowest BCUT2D eigenvalue weighted by Gasteiger charge is -2.14. The molecule has 0 fully saturated rings. The Morgan fingerprint density at radius 1 is 1.27 bits per heavy atom. The van der Waals surface area contributed by atoms with Gasteiger partial charge in [0.05, 0.1) is 5.54 Å². The SMILES string of the molecule is CC1(C)NOc2ccccc21. The Balaban J connectivity index is 2.56. The third kappa shape index (κ3) is 0.906. The van der Waals surface area contributed by atoms with Crippen LogP contribution >= 0.6 is 0 Å². The van der Waals surface area contributed by atoms with E-state index < -0.39 is 0 Å². The van der Waals surface area contributed by atoms with Crippen LogP contribution < -0.4 is 10.3 Å². The number of hydrogen-bond acceptors (Lipinski definition) is 2. The summed E-state index contributed by atoms with van der Waals surface area (Å²) in [6, 6.07) is 8.05.